The third-order valence-electron chi connectivity index (χ3n) is 4.57. The first-order valence-electron chi connectivity index (χ1n) is 9.62. The highest BCUT2D eigenvalue weighted by atomic mass is 35.5. The van der Waals surface area contributed by atoms with Gasteiger partial charge in [0.1, 0.15) is 0 Å². The number of hydrogen-bond donors (Lipinski definition) is 2. The Hall–Kier alpha value is -2.76. The summed E-state index contributed by atoms with van der Waals surface area (Å²) in [6.07, 6.45) is 0. The quantitative estimate of drug-likeness (QED) is 0.448. The number of benzene rings is 3. The molecule has 0 aliphatic heterocycles. The van der Waals surface area contributed by atoms with Crippen molar-refractivity contribution >= 4 is 40.9 Å². The molecular formula is C24H23ClN2O2S. The molecule has 4 nitrogen and oxygen atoms in total. The molecule has 0 unspecified atom stereocenters. The van der Waals surface area contributed by atoms with Crippen molar-refractivity contribution in [1.82, 2.24) is 5.32 Å². The number of halogens is 1. The largest absolute Gasteiger partial charge is 0.345 e. The van der Waals surface area contributed by atoms with Crippen LogP contribution in [0, 0.1) is 0 Å². The summed E-state index contributed by atoms with van der Waals surface area (Å²) < 4.78 is 0. The van der Waals surface area contributed by atoms with Gasteiger partial charge in [0, 0.05) is 9.92 Å². The fraction of sp³-hybridized carbons (Fsp3) is 0.167. The fourth-order valence-electron chi connectivity index (χ4n) is 2.89. The van der Waals surface area contributed by atoms with Crippen LogP contribution in [0.15, 0.2) is 83.8 Å². The molecule has 0 aliphatic carbocycles. The Kier molecular flexibility index (Phi) is 7.55. The van der Waals surface area contributed by atoms with E-state index >= 15 is 0 Å². The van der Waals surface area contributed by atoms with Gasteiger partial charge in [-0.15, -0.1) is 11.8 Å². The van der Waals surface area contributed by atoms with E-state index in [-0.39, 0.29) is 23.1 Å². The third-order valence-corrected chi connectivity index (χ3v) is 5.94. The SMILES string of the molecule is C[C@H](NC(=O)c1ccccc1NC(=O)[C@@H](C)Sc1ccc(Cl)cc1)c1ccccc1. The molecule has 0 bridgehead atoms. The van der Waals surface area contributed by atoms with E-state index in [1.807, 2.05) is 56.3 Å². The highest BCUT2D eigenvalue weighted by Gasteiger charge is 2.19. The molecule has 3 aromatic carbocycles. The summed E-state index contributed by atoms with van der Waals surface area (Å²) >= 11 is 7.34. The van der Waals surface area contributed by atoms with Crippen LogP contribution in [-0.2, 0) is 4.79 Å². The Labute approximate surface area is 186 Å². The van der Waals surface area contributed by atoms with Gasteiger partial charge in [-0.05, 0) is 55.8 Å². The van der Waals surface area contributed by atoms with Gasteiger partial charge >= 0.3 is 0 Å². The van der Waals surface area contributed by atoms with E-state index in [4.69, 9.17) is 11.6 Å². The molecule has 154 valence electrons. The Morgan fingerprint density at radius 1 is 0.867 bits per heavy atom. The molecule has 2 atom stereocenters. The molecule has 2 amide bonds. The molecule has 0 aromatic heterocycles. The van der Waals surface area contributed by atoms with E-state index < -0.39 is 0 Å². The van der Waals surface area contributed by atoms with Crippen LogP contribution in [0.25, 0.3) is 0 Å². The first-order chi connectivity index (χ1) is 14.4. The van der Waals surface area contributed by atoms with Crippen LogP contribution in [0.3, 0.4) is 0 Å². The minimum atomic E-state index is -0.342. The minimum Gasteiger partial charge on any atom is -0.345 e. The van der Waals surface area contributed by atoms with Crippen LogP contribution < -0.4 is 10.6 Å². The number of thioether (sulfide) groups is 1. The summed E-state index contributed by atoms with van der Waals surface area (Å²) in [7, 11) is 0. The van der Waals surface area contributed by atoms with Gasteiger partial charge in [-0.25, -0.2) is 0 Å². The maximum Gasteiger partial charge on any atom is 0.253 e. The summed E-state index contributed by atoms with van der Waals surface area (Å²) in [5.41, 5.74) is 1.93. The van der Waals surface area contributed by atoms with Gasteiger partial charge in [0.05, 0.1) is 22.5 Å². The maximum absolute atomic E-state index is 12.8. The lowest BCUT2D eigenvalue weighted by molar-refractivity contribution is -0.115. The number of carbonyl (C=O) groups excluding carboxylic acids is 2. The zero-order valence-corrected chi connectivity index (χ0v) is 18.3. The number of hydrogen-bond acceptors (Lipinski definition) is 3. The molecular weight excluding hydrogens is 416 g/mol. The van der Waals surface area contributed by atoms with Crippen LogP contribution in [0.1, 0.15) is 35.8 Å². The monoisotopic (exact) mass is 438 g/mol. The highest BCUT2D eigenvalue weighted by Crippen LogP contribution is 2.26. The lowest BCUT2D eigenvalue weighted by Gasteiger charge is -2.17. The maximum atomic E-state index is 12.8. The van der Waals surface area contributed by atoms with Crippen molar-refractivity contribution in [2.24, 2.45) is 0 Å². The van der Waals surface area contributed by atoms with Crippen molar-refractivity contribution in [2.45, 2.75) is 30.0 Å². The number of anilines is 1. The molecule has 3 aromatic rings. The van der Waals surface area contributed by atoms with Crippen LogP contribution in [0.5, 0.6) is 0 Å². The molecule has 0 saturated heterocycles. The summed E-state index contributed by atoms with van der Waals surface area (Å²) in [6.45, 7) is 3.76. The zero-order valence-electron chi connectivity index (χ0n) is 16.8. The van der Waals surface area contributed by atoms with Gasteiger partial charge in [-0.1, -0.05) is 54.1 Å². The van der Waals surface area contributed by atoms with Gasteiger partial charge < -0.3 is 10.6 Å². The van der Waals surface area contributed by atoms with Crippen LogP contribution >= 0.6 is 23.4 Å². The molecule has 0 saturated carbocycles. The Morgan fingerprint density at radius 2 is 1.50 bits per heavy atom. The van der Waals surface area contributed by atoms with E-state index in [9.17, 15) is 9.59 Å². The van der Waals surface area contributed by atoms with Crippen molar-refractivity contribution in [2.75, 3.05) is 5.32 Å². The minimum absolute atomic E-state index is 0.151. The van der Waals surface area contributed by atoms with E-state index in [0.717, 1.165) is 10.5 Å². The smallest absolute Gasteiger partial charge is 0.253 e. The molecule has 0 spiro atoms. The van der Waals surface area contributed by atoms with E-state index in [2.05, 4.69) is 10.6 Å². The Morgan fingerprint density at radius 3 is 2.20 bits per heavy atom. The normalized spacial score (nSPS) is 12.6. The molecule has 0 radical (unpaired) electrons. The number of nitrogens with one attached hydrogen (secondary N) is 2. The number of carbonyl (C=O) groups is 2. The van der Waals surface area contributed by atoms with Gasteiger partial charge in [0.25, 0.3) is 5.91 Å². The summed E-state index contributed by atoms with van der Waals surface area (Å²) in [4.78, 5) is 26.5. The predicted molar refractivity (Wildman–Crippen MR) is 124 cm³/mol. The average Bonchev–Trinajstić information content (AvgIpc) is 2.76. The van der Waals surface area contributed by atoms with Gasteiger partial charge in [0.15, 0.2) is 0 Å². The first kappa shape index (κ1) is 21.9. The van der Waals surface area contributed by atoms with Crippen molar-refractivity contribution < 1.29 is 9.59 Å². The van der Waals surface area contributed by atoms with Gasteiger partial charge in [-0.2, -0.15) is 0 Å². The van der Waals surface area contributed by atoms with Gasteiger partial charge in [0.2, 0.25) is 5.91 Å². The third kappa shape index (κ3) is 5.88. The van der Waals surface area contributed by atoms with E-state index in [1.54, 1.807) is 36.4 Å². The summed E-state index contributed by atoms with van der Waals surface area (Å²) in [6, 6.07) is 24.0. The van der Waals surface area contributed by atoms with E-state index in [1.165, 1.54) is 11.8 Å². The molecule has 3 rings (SSSR count). The van der Waals surface area contributed by atoms with Crippen LogP contribution in [-0.4, -0.2) is 17.1 Å². The van der Waals surface area contributed by atoms with E-state index in [0.29, 0.717) is 16.3 Å². The van der Waals surface area contributed by atoms with Crippen LogP contribution in [0.2, 0.25) is 5.02 Å². The second-order valence-corrected chi connectivity index (χ2v) is 8.71. The lowest BCUT2D eigenvalue weighted by Crippen LogP contribution is -2.29. The molecule has 2 N–H and O–H groups in total. The van der Waals surface area contributed by atoms with Crippen LogP contribution in [0.4, 0.5) is 5.69 Å². The number of amides is 2. The lowest BCUT2D eigenvalue weighted by atomic mass is 10.1. The van der Waals surface area contributed by atoms with Crippen molar-refractivity contribution in [3.8, 4) is 0 Å². The van der Waals surface area contributed by atoms with Gasteiger partial charge in [-0.3, -0.25) is 9.59 Å². The molecule has 30 heavy (non-hydrogen) atoms. The molecule has 0 aliphatic rings. The molecule has 0 heterocycles. The second-order valence-electron chi connectivity index (χ2n) is 6.85. The molecule has 6 heteroatoms. The summed E-state index contributed by atoms with van der Waals surface area (Å²) in [5.74, 6) is -0.411. The van der Waals surface area contributed by atoms with Crippen molar-refractivity contribution in [3.63, 3.8) is 0 Å². The number of rotatable bonds is 7. The van der Waals surface area contributed by atoms with Crippen molar-refractivity contribution in [3.05, 3.63) is 95.0 Å². The predicted octanol–water partition coefficient (Wildman–Crippen LogP) is 5.95. The standard InChI is InChI=1S/C24H23ClN2O2S/c1-16(18-8-4-3-5-9-18)26-24(29)21-10-6-7-11-22(21)27-23(28)17(2)30-20-14-12-19(25)13-15-20/h3-17H,1-2H3,(H,26,29)(H,27,28)/t16-,17+/m0/s1. The molecule has 0 fully saturated rings. The average molecular weight is 439 g/mol. The Balaban J connectivity index is 1.67. The Bertz CT molecular complexity index is 1010. The zero-order chi connectivity index (χ0) is 21.5. The summed E-state index contributed by atoms with van der Waals surface area (Å²) in [5, 5.41) is 6.19. The number of para-hydroxylation sites is 1. The second kappa shape index (κ2) is 10.3. The first-order valence-corrected chi connectivity index (χ1v) is 10.9. The van der Waals surface area contributed by atoms with Crippen molar-refractivity contribution in [1.29, 1.82) is 0 Å². The highest BCUT2D eigenvalue weighted by molar-refractivity contribution is 8.00. The topological polar surface area (TPSA) is 58.2 Å². The fourth-order valence-corrected chi connectivity index (χ4v) is 3.89.